The zero-order valence-electron chi connectivity index (χ0n) is 11.9. The molecule has 0 atom stereocenters. The topological polar surface area (TPSA) is 81.6 Å². The summed E-state index contributed by atoms with van der Waals surface area (Å²) < 4.78 is 3.32. The minimum Gasteiger partial charge on any atom is -0.384 e. The molecule has 6 heteroatoms. The number of hydrogen-bond acceptors (Lipinski definition) is 3. The van der Waals surface area contributed by atoms with Gasteiger partial charge in [-0.15, -0.1) is 0 Å². The molecule has 21 heavy (non-hydrogen) atoms. The molecule has 0 spiro atoms. The molecule has 0 saturated heterocycles. The van der Waals surface area contributed by atoms with E-state index in [0.717, 1.165) is 16.8 Å². The Hall–Kier alpha value is -2.76. The number of H-pyrrole nitrogens is 1. The zero-order chi connectivity index (χ0) is 15.0. The summed E-state index contributed by atoms with van der Waals surface area (Å²) in [5.41, 5.74) is 8.34. The monoisotopic (exact) mass is 283 g/mol. The molecule has 2 aromatic heterocycles. The van der Waals surface area contributed by atoms with Crippen LogP contribution in [-0.2, 0) is 0 Å². The van der Waals surface area contributed by atoms with Gasteiger partial charge in [0.1, 0.15) is 5.82 Å². The van der Waals surface area contributed by atoms with Crippen LogP contribution in [0.4, 0.5) is 5.82 Å². The molecule has 0 amide bonds. The number of rotatable bonds is 3. The molecule has 3 rings (SSSR count). The van der Waals surface area contributed by atoms with Gasteiger partial charge in [-0.3, -0.25) is 14.2 Å². The van der Waals surface area contributed by atoms with E-state index in [1.807, 2.05) is 38.1 Å². The molecular weight excluding hydrogens is 266 g/mol. The largest absolute Gasteiger partial charge is 0.384 e. The molecule has 3 aromatic rings. The summed E-state index contributed by atoms with van der Waals surface area (Å²) in [5.74, 6) is 0.513. The first-order valence-electron chi connectivity index (χ1n) is 6.77. The molecule has 0 unspecified atom stereocenters. The van der Waals surface area contributed by atoms with Gasteiger partial charge in [0.05, 0.1) is 11.9 Å². The van der Waals surface area contributed by atoms with E-state index in [1.165, 1.54) is 0 Å². The molecule has 3 N–H and O–H groups in total. The Balaban J connectivity index is 2.09. The van der Waals surface area contributed by atoms with Crippen molar-refractivity contribution < 1.29 is 0 Å². The summed E-state index contributed by atoms with van der Waals surface area (Å²) in [6.45, 7) is 3.96. The highest BCUT2D eigenvalue weighted by Crippen LogP contribution is 2.25. The molecule has 6 nitrogen and oxygen atoms in total. The van der Waals surface area contributed by atoms with Gasteiger partial charge in [-0.05, 0) is 31.5 Å². The van der Waals surface area contributed by atoms with Crippen LogP contribution in [-0.4, -0.2) is 19.3 Å². The van der Waals surface area contributed by atoms with Gasteiger partial charge in [0.15, 0.2) is 0 Å². The third-order valence-electron chi connectivity index (χ3n) is 3.46. The van der Waals surface area contributed by atoms with Crippen LogP contribution in [0.5, 0.6) is 0 Å². The SMILES string of the molecule is CC(C)n1ccn(-c2cccc(-c3cn[nH]c3N)c2)c1=O. The number of nitrogens with two attached hydrogens (primary N) is 1. The standard InChI is InChI=1S/C15H17N5O/c1-10(2)19-6-7-20(15(19)21)12-5-3-4-11(8-12)13-9-17-18-14(13)16/h3-10H,1-2H3,(H3,16,17,18). The normalized spacial score (nSPS) is 11.2. The molecule has 0 aliphatic heterocycles. The molecule has 0 aliphatic carbocycles. The van der Waals surface area contributed by atoms with Crippen LogP contribution in [0.15, 0.2) is 47.7 Å². The number of benzene rings is 1. The second-order valence-electron chi connectivity index (χ2n) is 5.20. The minimum atomic E-state index is -0.0534. The van der Waals surface area contributed by atoms with E-state index >= 15 is 0 Å². The van der Waals surface area contributed by atoms with Crippen LogP contribution >= 0.6 is 0 Å². The predicted octanol–water partition coefficient (Wildman–Crippen LogP) is 2.19. The van der Waals surface area contributed by atoms with Crippen molar-refractivity contribution in [1.82, 2.24) is 19.3 Å². The lowest BCUT2D eigenvalue weighted by Gasteiger charge is -2.06. The van der Waals surface area contributed by atoms with Crippen molar-refractivity contribution >= 4 is 5.82 Å². The molecule has 0 radical (unpaired) electrons. The third kappa shape index (κ3) is 2.24. The maximum atomic E-state index is 12.4. The van der Waals surface area contributed by atoms with Crippen LogP contribution in [0, 0.1) is 0 Å². The van der Waals surface area contributed by atoms with Crippen molar-refractivity contribution in [1.29, 1.82) is 0 Å². The van der Waals surface area contributed by atoms with Crippen LogP contribution in [0.2, 0.25) is 0 Å². The van der Waals surface area contributed by atoms with E-state index in [2.05, 4.69) is 10.2 Å². The first kappa shape index (κ1) is 13.2. The van der Waals surface area contributed by atoms with E-state index < -0.39 is 0 Å². The first-order valence-corrected chi connectivity index (χ1v) is 6.77. The van der Waals surface area contributed by atoms with Crippen molar-refractivity contribution in [3.63, 3.8) is 0 Å². The van der Waals surface area contributed by atoms with Gasteiger partial charge in [0.2, 0.25) is 0 Å². The fourth-order valence-electron chi connectivity index (χ4n) is 2.33. The third-order valence-corrected chi connectivity index (χ3v) is 3.46. The van der Waals surface area contributed by atoms with Crippen molar-refractivity contribution in [2.75, 3.05) is 5.73 Å². The maximum absolute atomic E-state index is 12.4. The lowest BCUT2D eigenvalue weighted by atomic mass is 10.1. The second kappa shape index (κ2) is 4.97. The molecule has 0 bridgehead atoms. The quantitative estimate of drug-likeness (QED) is 0.773. The number of nitrogens with one attached hydrogen (secondary N) is 1. The molecule has 108 valence electrons. The fourth-order valence-corrected chi connectivity index (χ4v) is 2.33. The van der Waals surface area contributed by atoms with Gasteiger partial charge in [-0.1, -0.05) is 12.1 Å². The maximum Gasteiger partial charge on any atom is 0.332 e. The predicted molar refractivity (Wildman–Crippen MR) is 82.4 cm³/mol. The van der Waals surface area contributed by atoms with E-state index in [1.54, 1.807) is 27.7 Å². The summed E-state index contributed by atoms with van der Waals surface area (Å²) in [6, 6.07) is 7.79. The number of anilines is 1. The van der Waals surface area contributed by atoms with Gasteiger partial charge >= 0.3 is 5.69 Å². The fraction of sp³-hybridized carbons (Fsp3) is 0.200. The summed E-state index contributed by atoms with van der Waals surface area (Å²) >= 11 is 0. The Morgan fingerprint density at radius 3 is 2.71 bits per heavy atom. The Labute approximate surface area is 121 Å². The van der Waals surface area contributed by atoms with Gasteiger partial charge in [-0.2, -0.15) is 5.10 Å². The van der Waals surface area contributed by atoms with E-state index in [-0.39, 0.29) is 11.7 Å². The Morgan fingerprint density at radius 2 is 2.10 bits per heavy atom. The molecule has 0 aliphatic rings. The molecule has 1 aromatic carbocycles. The molecular formula is C15H17N5O. The zero-order valence-corrected chi connectivity index (χ0v) is 11.9. The second-order valence-corrected chi connectivity index (χ2v) is 5.20. The first-order chi connectivity index (χ1) is 10.1. The van der Waals surface area contributed by atoms with E-state index in [0.29, 0.717) is 5.82 Å². The highest BCUT2D eigenvalue weighted by molar-refractivity contribution is 5.74. The molecule has 2 heterocycles. The Morgan fingerprint density at radius 1 is 1.29 bits per heavy atom. The molecule has 0 fully saturated rings. The smallest absolute Gasteiger partial charge is 0.332 e. The Kier molecular flexibility index (Phi) is 3.13. The van der Waals surface area contributed by atoms with Crippen LogP contribution in [0.3, 0.4) is 0 Å². The summed E-state index contributed by atoms with van der Waals surface area (Å²) in [7, 11) is 0. The number of nitrogens with zero attached hydrogens (tertiary/aromatic N) is 3. The summed E-state index contributed by atoms with van der Waals surface area (Å²) in [4.78, 5) is 12.4. The lowest BCUT2D eigenvalue weighted by molar-refractivity contribution is 0.574. The van der Waals surface area contributed by atoms with Gasteiger partial charge in [0, 0.05) is 24.0 Å². The number of imidazole rings is 1. The highest BCUT2D eigenvalue weighted by Gasteiger charge is 2.10. The minimum absolute atomic E-state index is 0.0534. The average molecular weight is 283 g/mol. The highest BCUT2D eigenvalue weighted by atomic mass is 16.1. The van der Waals surface area contributed by atoms with Gasteiger partial charge < -0.3 is 5.73 Å². The lowest BCUT2D eigenvalue weighted by Crippen LogP contribution is -2.24. The average Bonchev–Trinajstić information content (AvgIpc) is 3.05. The van der Waals surface area contributed by atoms with Crippen molar-refractivity contribution in [2.24, 2.45) is 0 Å². The van der Waals surface area contributed by atoms with Gasteiger partial charge in [-0.25, -0.2) is 4.79 Å². The summed E-state index contributed by atoms with van der Waals surface area (Å²) in [5, 5.41) is 6.63. The summed E-state index contributed by atoms with van der Waals surface area (Å²) in [6.07, 6.45) is 5.25. The van der Waals surface area contributed by atoms with Crippen molar-refractivity contribution in [2.45, 2.75) is 19.9 Å². The van der Waals surface area contributed by atoms with Gasteiger partial charge in [0.25, 0.3) is 0 Å². The van der Waals surface area contributed by atoms with Crippen LogP contribution in [0.25, 0.3) is 16.8 Å². The van der Waals surface area contributed by atoms with E-state index in [4.69, 9.17) is 5.73 Å². The Bertz CT molecular complexity index is 824. The number of aromatic amines is 1. The van der Waals surface area contributed by atoms with E-state index in [9.17, 15) is 4.79 Å². The number of nitrogen functional groups attached to an aromatic ring is 1. The van der Waals surface area contributed by atoms with Crippen molar-refractivity contribution in [3.8, 4) is 16.8 Å². The number of aromatic nitrogens is 4. The van der Waals surface area contributed by atoms with Crippen LogP contribution < -0.4 is 11.4 Å². The van der Waals surface area contributed by atoms with Crippen LogP contribution in [0.1, 0.15) is 19.9 Å². The molecule has 0 saturated carbocycles. The number of hydrogen-bond donors (Lipinski definition) is 2. The van der Waals surface area contributed by atoms with Crippen molar-refractivity contribution in [3.05, 3.63) is 53.3 Å².